The summed E-state index contributed by atoms with van der Waals surface area (Å²) >= 11 is 1.26. The number of rotatable bonds is 8. The molecular formula is C32H24FN5O2S. The molecule has 41 heavy (non-hydrogen) atoms. The van der Waals surface area contributed by atoms with Gasteiger partial charge in [0.25, 0.3) is 5.56 Å². The normalized spacial score (nSPS) is 12.0. The maximum Gasteiger partial charge on any atom is 0.291 e. The highest BCUT2D eigenvalue weighted by molar-refractivity contribution is 7.15. The lowest BCUT2D eigenvalue weighted by atomic mass is 10.0. The van der Waals surface area contributed by atoms with Gasteiger partial charge in [-0.25, -0.2) is 9.07 Å². The molecule has 0 saturated carbocycles. The van der Waals surface area contributed by atoms with Gasteiger partial charge in [0.15, 0.2) is 5.82 Å². The highest BCUT2D eigenvalue weighted by atomic mass is 32.1. The second-order valence-corrected chi connectivity index (χ2v) is 10.3. The Morgan fingerprint density at radius 2 is 1.83 bits per heavy atom. The zero-order valence-corrected chi connectivity index (χ0v) is 22.9. The molecule has 0 spiro atoms. The van der Waals surface area contributed by atoms with Crippen LogP contribution in [0, 0.1) is 12.7 Å². The number of aromatic nitrogens is 5. The van der Waals surface area contributed by atoms with E-state index in [2.05, 4.69) is 16.7 Å². The fourth-order valence-corrected chi connectivity index (χ4v) is 5.25. The summed E-state index contributed by atoms with van der Waals surface area (Å²) in [4.78, 5) is 18.3. The predicted octanol–water partition coefficient (Wildman–Crippen LogP) is 5.73. The van der Waals surface area contributed by atoms with Gasteiger partial charge in [0.05, 0.1) is 10.2 Å². The standard InChI is InChI=1S/C32H24FN5O2S/c1-3-17-40-27-15-12-23(18-21(27)2)30-24(20-37(36-30)26-7-5-4-6-8-26)19-28-31(39)38-32(41-28)34-29(35-38)16-11-22-9-13-25(33)14-10-22/h3-16,18-20H,1,17H2,2H3/b16-11+,28-19-. The zero-order chi connectivity index (χ0) is 28.3. The summed E-state index contributed by atoms with van der Waals surface area (Å²) in [6.07, 6.45) is 8.92. The van der Waals surface area contributed by atoms with Crippen molar-refractivity contribution in [3.05, 3.63) is 135 Å². The summed E-state index contributed by atoms with van der Waals surface area (Å²) in [5.74, 6) is 0.874. The Hall–Kier alpha value is -5.15. The molecule has 3 aromatic carbocycles. The Bertz CT molecular complexity index is 2010. The molecule has 202 valence electrons. The van der Waals surface area contributed by atoms with Crippen LogP contribution in [0.1, 0.15) is 22.5 Å². The van der Waals surface area contributed by atoms with Crippen molar-refractivity contribution in [1.82, 2.24) is 24.4 Å². The average molecular weight is 562 g/mol. The SMILES string of the molecule is C=CCOc1ccc(-c2nn(-c3ccccc3)cc2/C=c2\sc3nc(/C=C/c4ccc(F)cc4)nn3c2=O)cc1C. The van der Waals surface area contributed by atoms with Crippen LogP contribution in [0.5, 0.6) is 5.75 Å². The van der Waals surface area contributed by atoms with E-state index >= 15 is 0 Å². The van der Waals surface area contributed by atoms with Gasteiger partial charge in [-0.1, -0.05) is 60.4 Å². The van der Waals surface area contributed by atoms with Crippen molar-refractivity contribution in [2.24, 2.45) is 0 Å². The van der Waals surface area contributed by atoms with Gasteiger partial charge >= 0.3 is 0 Å². The Morgan fingerprint density at radius 3 is 2.56 bits per heavy atom. The van der Waals surface area contributed by atoms with Crippen LogP contribution in [-0.4, -0.2) is 31.0 Å². The fraction of sp³-hybridized carbons (Fsp3) is 0.0625. The summed E-state index contributed by atoms with van der Waals surface area (Å²) in [6, 6.07) is 21.8. The molecule has 0 radical (unpaired) electrons. The summed E-state index contributed by atoms with van der Waals surface area (Å²) in [5.41, 5.74) is 4.82. The summed E-state index contributed by atoms with van der Waals surface area (Å²) in [7, 11) is 0. The molecule has 0 aliphatic carbocycles. The van der Waals surface area contributed by atoms with Gasteiger partial charge in [0, 0.05) is 17.3 Å². The van der Waals surface area contributed by atoms with Crippen molar-refractivity contribution < 1.29 is 9.13 Å². The summed E-state index contributed by atoms with van der Waals surface area (Å²) in [6.45, 7) is 6.12. The first-order valence-corrected chi connectivity index (χ1v) is 13.6. The molecule has 6 rings (SSSR count). The lowest BCUT2D eigenvalue weighted by Crippen LogP contribution is -2.23. The Balaban J connectivity index is 1.40. The van der Waals surface area contributed by atoms with E-state index in [-0.39, 0.29) is 11.4 Å². The van der Waals surface area contributed by atoms with E-state index in [4.69, 9.17) is 9.84 Å². The molecule has 0 amide bonds. The molecular weight excluding hydrogens is 537 g/mol. The van der Waals surface area contributed by atoms with Gasteiger partial charge in [-0.15, -0.1) is 5.10 Å². The predicted molar refractivity (Wildman–Crippen MR) is 161 cm³/mol. The van der Waals surface area contributed by atoms with Gasteiger partial charge < -0.3 is 4.74 Å². The van der Waals surface area contributed by atoms with E-state index in [1.165, 1.54) is 28.0 Å². The van der Waals surface area contributed by atoms with Gasteiger partial charge in [-0.05, 0) is 72.7 Å². The first-order chi connectivity index (χ1) is 20.0. The number of nitrogens with zero attached hydrogens (tertiary/aromatic N) is 5. The number of halogens is 1. The topological polar surface area (TPSA) is 74.3 Å². The number of ether oxygens (including phenoxy) is 1. The van der Waals surface area contributed by atoms with E-state index in [1.54, 1.807) is 35.0 Å². The molecule has 3 heterocycles. The molecule has 0 aliphatic heterocycles. The number of aryl methyl sites for hydroxylation is 1. The lowest BCUT2D eigenvalue weighted by Gasteiger charge is -2.08. The summed E-state index contributed by atoms with van der Waals surface area (Å²) < 4.78 is 22.5. The molecule has 9 heteroatoms. The maximum atomic E-state index is 13.3. The minimum Gasteiger partial charge on any atom is -0.489 e. The van der Waals surface area contributed by atoms with E-state index in [0.717, 1.165) is 39.4 Å². The van der Waals surface area contributed by atoms with Crippen LogP contribution in [0.25, 0.3) is 40.1 Å². The van der Waals surface area contributed by atoms with Crippen LogP contribution in [0.15, 0.2) is 96.4 Å². The molecule has 0 atom stereocenters. The van der Waals surface area contributed by atoms with Crippen molar-refractivity contribution in [3.8, 4) is 22.7 Å². The first-order valence-electron chi connectivity index (χ1n) is 12.8. The van der Waals surface area contributed by atoms with E-state index in [9.17, 15) is 9.18 Å². The quantitative estimate of drug-likeness (QED) is 0.222. The maximum absolute atomic E-state index is 13.3. The molecule has 0 bridgehead atoms. The molecule has 0 aliphatic rings. The third-order valence-electron chi connectivity index (χ3n) is 6.35. The molecule has 0 unspecified atom stereocenters. The number of thiazole rings is 1. The van der Waals surface area contributed by atoms with Crippen LogP contribution >= 0.6 is 11.3 Å². The number of benzene rings is 3. The smallest absolute Gasteiger partial charge is 0.291 e. The molecule has 7 nitrogen and oxygen atoms in total. The first kappa shape index (κ1) is 26.1. The van der Waals surface area contributed by atoms with Gasteiger partial charge in [-0.3, -0.25) is 4.79 Å². The fourth-order valence-electron chi connectivity index (χ4n) is 4.34. The van der Waals surface area contributed by atoms with Gasteiger partial charge in [0.2, 0.25) is 4.96 Å². The van der Waals surface area contributed by atoms with Crippen LogP contribution < -0.4 is 14.8 Å². The molecule has 0 saturated heterocycles. The third kappa shape index (κ3) is 5.48. The molecule has 0 fully saturated rings. The number of para-hydroxylation sites is 1. The van der Waals surface area contributed by atoms with Crippen LogP contribution in [0.3, 0.4) is 0 Å². The molecule has 6 aromatic rings. The average Bonchev–Trinajstić information content (AvgIpc) is 3.67. The number of hydrogen-bond donors (Lipinski definition) is 0. The third-order valence-corrected chi connectivity index (χ3v) is 7.31. The van der Waals surface area contributed by atoms with Crippen molar-refractivity contribution >= 4 is 34.5 Å². The lowest BCUT2D eigenvalue weighted by molar-refractivity contribution is 0.361. The van der Waals surface area contributed by atoms with Crippen molar-refractivity contribution in [2.45, 2.75) is 6.92 Å². The molecule has 3 aromatic heterocycles. The van der Waals surface area contributed by atoms with Crippen LogP contribution in [0.2, 0.25) is 0 Å². The number of hydrogen-bond acceptors (Lipinski definition) is 6. The minimum atomic E-state index is -0.301. The van der Waals surface area contributed by atoms with E-state index in [1.807, 2.05) is 67.7 Å². The van der Waals surface area contributed by atoms with Crippen LogP contribution in [-0.2, 0) is 0 Å². The Labute approximate surface area is 238 Å². The zero-order valence-electron chi connectivity index (χ0n) is 22.1. The van der Waals surface area contributed by atoms with Gasteiger partial charge in [-0.2, -0.15) is 14.6 Å². The van der Waals surface area contributed by atoms with Crippen molar-refractivity contribution in [2.75, 3.05) is 6.61 Å². The largest absolute Gasteiger partial charge is 0.489 e. The minimum absolute atomic E-state index is 0.262. The van der Waals surface area contributed by atoms with Gasteiger partial charge in [0.1, 0.15) is 23.9 Å². The van der Waals surface area contributed by atoms with Crippen molar-refractivity contribution in [3.63, 3.8) is 0 Å². The highest BCUT2D eigenvalue weighted by Crippen LogP contribution is 2.29. The Morgan fingerprint density at radius 1 is 1.02 bits per heavy atom. The second kappa shape index (κ2) is 11.1. The second-order valence-electron chi connectivity index (χ2n) is 9.26. The van der Waals surface area contributed by atoms with E-state index < -0.39 is 0 Å². The van der Waals surface area contributed by atoms with Crippen molar-refractivity contribution in [1.29, 1.82) is 0 Å². The van der Waals surface area contributed by atoms with Crippen LogP contribution in [0.4, 0.5) is 4.39 Å². The monoisotopic (exact) mass is 561 g/mol. The van der Waals surface area contributed by atoms with E-state index in [0.29, 0.717) is 21.9 Å². The summed E-state index contributed by atoms with van der Waals surface area (Å²) in [5, 5.41) is 9.25. The highest BCUT2D eigenvalue weighted by Gasteiger charge is 2.15. The number of fused-ring (bicyclic) bond motifs is 1. The molecule has 0 N–H and O–H groups in total. The Kier molecular flexibility index (Phi) is 7.09.